The van der Waals surface area contributed by atoms with E-state index >= 15 is 0 Å². The van der Waals surface area contributed by atoms with E-state index in [9.17, 15) is 4.79 Å². The zero-order chi connectivity index (χ0) is 14.5. The molecule has 1 aromatic rings. The minimum Gasteiger partial charge on any atom is -0.497 e. The molecular weight excluding hydrogens is 254 g/mol. The van der Waals surface area contributed by atoms with Gasteiger partial charge in [-0.15, -0.1) is 0 Å². The van der Waals surface area contributed by atoms with Gasteiger partial charge in [0.1, 0.15) is 5.75 Å². The predicted molar refractivity (Wildman–Crippen MR) is 78.2 cm³/mol. The monoisotopic (exact) mass is 277 g/mol. The van der Waals surface area contributed by atoms with Gasteiger partial charge in [0.05, 0.1) is 13.2 Å². The standard InChI is InChI=1S/C16H23NO3/c1-12(17-9-7-13(11-18)8-10-17)16(19)14-3-5-15(20-2)6-4-14/h3-6,12-13,18H,7-11H2,1-2H3. The van der Waals surface area contributed by atoms with Gasteiger partial charge in [0.25, 0.3) is 0 Å². The number of benzene rings is 1. The summed E-state index contributed by atoms with van der Waals surface area (Å²) in [6.45, 7) is 3.99. The van der Waals surface area contributed by atoms with E-state index in [0.717, 1.165) is 37.2 Å². The maximum absolute atomic E-state index is 12.5. The average molecular weight is 277 g/mol. The second kappa shape index (κ2) is 6.86. The second-order valence-corrected chi connectivity index (χ2v) is 5.43. The smallest absolute Gasteiger partial charge is 0.179 e. The first kappa shape index (κ1) is 15.0. The van der Waals surface area contributed by atoms with Gasteiger partial charge in [-0.1, -0.05) is 0 Å². The normalized spacial score (nSPS) is 18.8. The molecule has 1 heterocycles. The number of methoxy groups -OCH3 is 1. The Balaban J connectivity index is 1.97. The molecule has 0 radical (unpaired) electrons. The first-order valence-corrected chi connectivity index (χ1v) is 7.19. The zero-order valence-corrected chi connectivity index (χ0v) is 12.2. The van der Waals surface area contributed by atoms with E-state index in [0.29, 0.717) is 5.92 Å². The van der Waals surface area contributed by atoms with E-state index in [4.69, 9.17) is 9.84 Å². The average Bonchev–Trinajstić information content (AvgIpc) is 2.53. The van der Waals surface area contributed by atoms with Crippen LogP contribution in [0.4, 0.5) is 0 Å². The number of rotatable bonds is 5. The highest BCUT2D eigenvalue weighted by Crippen LogP contribution is 2.20. The largest absolute Gasteiger partial charge is 0.497 e. The lowest BCUT2D eigenvalue weighted by molar-refractivity contribution is 0.0721. The van der Waals surface area contributed by atoms with Crippen LogP contribution in [0.25, 0.3) is 0 Å². The number of nitrogens with zero attached hydrogens (tertiary/aromatic N) is 1. The highest BCUT2D eigenvalue weighted by Gasteiger charge is 2.26. The lowest BCUT2D eigenvalue weighted by atomic mass is 9.95. The van der Waals surface area contributed by atoms with Crippen molar-refractivity contribution in [3.05, 3.63) is 29.8 Å². The molecule has 0 saturated carbocycles. The molecule has 4 nitrogen and oxygen atoms in total. The molecule has 0 bridgehead atoms. The van der Waals surface area contributed by atoms with Crippen LogP contribution in [0.15, 0.2) is 24.3 Å². The van der Waals surface area contributed by atoms with E-state index in [2.05, 4.69) is 4.90 Å². The molecule has 0 amide bonds. The number of ether oxygens (including phenoxy) is 1. The summed E-state index contributed by atoms with van der Waals surface area (Å²) in [6, 6.07) is 7.16. The van der Waals surface area contributed by atoms with Gasteiger partial charge in [0, 0.05) is 12.2 Å². The molecular formula is C16H23NO3. The third-order valence-corrected chi connectivity index (χ3v) is 4.21. The van der Waals surface area contributed by atoms with Gasteiger partial charge >= 0.3 is 0 Å². The van der Waals surface area contributed by atoms with Gasteiger partial charge in [0.2, 0.25) is 0 Å². The summed E-state index contributed by atoms with van der Waals surface area (Å²) in [5, 5.41) is 9.16. The number of piperidine rings is 1. The Kier molecular flexibility index (Phi) is 5.15. The van der Waals surface area contributed by atoms with Crippen LogP contribution in [0, 0.1) is 5.92 Å². The van der Waals surface area contributed by atoms with Crippen LogP contribution >= 0.6 is 0 Å². The maximum Gasteiger partial charge on any atom is 0.179 e. The predicted octanol–water partition coefficient (Wildman–Crippen LogP) is 1.97. The van der Waals surface area contributed by atoms with E-state index < -0.39 is 0 Å². The van der Waals surface area contributed by atoms with Gasteiger partial charge in [0.15, 0.2) is 5.78 Å². The van der Waals surface area contributed by atoms with Crippen LogP contribution in [0.2, 0.25) is 0 Å². The Morgan fingerprint density at radius 3 is 2.45 bits per heavy atom. The van der Waals surface area contributed by atoms with Gasteiger partial charge in [-0.2, -0.15) is 0 Å². The maximum atomic E-state index is 12.5. The van der Waals surface area contributed by atoms with Gasteiger partial charge in [-0.3, -0.25) is 9.69 Å². The molecule has 0 spiro atoms. The molecule has 20 heavy (non-hydrogen) atoms. The van der Waals surface area contributed by atoms with Crippen LogP contribution in [0.3, 0.4) is 0 Å². The second-order valence-electron chi connectivity index (χ2n) is 5.43. The molecule has 0 aliphatic carbocycles. The lowest BCUT2D eigenvalue weighted by Gasteiger charge is -2.34. The minimum absolute atomic E-state index is 0.108. The molecule has 4 heteroatoms. The molecule has 1 fully saturated rings. The number of aliphatic hydroxyl groups is 1. The van der Waals surface area contributed by atoms with E-state index in [1.165, 1.54) is 0 Å². The number of hydrogen-bond donors (Lipinski definition) is 1. The highest BCUT2D eigenvalue weighted by molar-refractivity contribution is 5.99. The Morgan fingerprint density at radius 1 is 1.35 bits per heavy atom. The molecule has 1 aliphatic rings. The lowest BCUT2D eigenvalue weighted by Crippen LogP contribution is -2.44. The number of aliphatic hydroxyl groups excluding tert-OH is 1. The first-order chi connectivity index (χ1) is 9.65. The molecule has 1 aliphatic heterocycles. The van der Waals surface area contributed by atoms with E-state index in [-0.39, 0.29) is 18.4 Å². The van der Waals surface area contributed by atoms with Gasteiger partial charge < -0.3 is 9.84 Å². The van der Waals surface area contributed by atoms with Crippen molar-refractivity contribution in [3.8, 4) is 5.75 Å². The van der Waals surface area contributed by atoms with Crippen molar-refractivity contribution in [1.82, 2.24) is 4.90 Å². The quantitative estimate of drug-likeness (QED) is 0.836. The molecule has 1 N–H and O–H groups in total. The summed E-state index contributed by atoms with van der Waals surface area (Å²) in [6.07, 6.45) is 1.94. The Bertz CT molecular complexity index is 436. The van der Waals surface area contributed by atoms with Crippen molar-refractivity contribution in [2.24, 2.45) is 5.92 Å². The molecule has 2 rings (SSSR count). The molecule has 110 valence electrons. The van der Waals surface area contributed by atoms with Crippen molar-refractivity contribution < 1.29 is 14.6 Å². The summed E-state index contributed by atoms with van der Waals surface area (Å²) >= 11 is 0. The van der Waals surface area contributed by atoms with Crippen LogP contribution in [-0.2, 0) is 0 Å². The molecule has 1 unspecified atom stereocenters. The van der Waals surface area contributed by atoms with Crippen LogP contribution in [-0.4, -0.2) is 48.6 Å². The van der Waals surface area contributed by atoms with Crippen molar-refractivity contribution in [2.45, 2.75) is 25.8 Å². The Labute approximate surface area is 120 Å². The molecule has 1 aromatic carbocycles. The summed E-state index contributed by atoms with van der Waals surface area (Å²) < 4.78 is 5.10. The Hall–Kier alpha value is -1.39. The fraction of sp³-hybridized carbons (Fsp3) is 0.562. The summed E-state index contributed by atoms with van der Waals surface area (Å²) in [5.74, 6) is 1.31. The van der Waals surface area contributed by atoms with Crippen LogP contribution in [0.1, 0.15) is 30.1 Å². The number of carbonyl (C=O) groups excluding carboxylic acids is 1. The minimum atomic E-state index is -0.108. The number of carbonyl (C=O) groups is 1. The van der Waals surface area contributed by atoms with Gasteiger partial charge in [-0.25, -0.2) is 0 Å². The van der Waals surface area contributed by atoms with Crippen molar-refractivity contribution in [2.75, 3.05) is 26.8 Å². The third-order valence-electron chi connectivity index (χ3n) is 4.21. The summed E-state index contributed by atoms with van der Waals surface area (Å²) in [4.78, 5) is 14.7. The van der Waals surface area contributed by atoms with Crippen molar-refractivity contribution >= 4 is 5.78 Å². The fourth-order valence-corrected chi connectivity index (χ4v) is 2.69. The van der Waals surface area contributed by atoms with Crippen LogP contribution < -0.4 is 4.74 Å². The number of likely N-dealkylation sites (tertiary alicyclic amines) is 1. The van der Waals surface area contributed by atoms with Gasteiger partial charge in [-0.05, 0) is 63.0 Å². The topological polar surface area (TPSA) is 49.8 Å². The van der Waals surface area contributed by atoms with E-state index in [1.807, 2.05) is 31.2 Å². The molecule has 1 atom stereocenters. The first-order valence-electron chi connectivity index (χ1n) is 7.19. The fourth-order valence-electron chi connectivity index (χ4n) is 2.69. The van der Waals surface area contributed by atoms with Crippen molar-refractivity contribution in [1.29, 1.82) is 0 Å². The highest BCUT2D eigenvalue weighted by atomic mass is 16.5. The third kappa shape index (κ3) is 3.38. The number of Topliss-reactive ketones (excluding diaryl/α,β-unsaturated/α-hetero) is 1. The summed E-state index contributed by atoms with van der Waals surface area (Å²) in [5.41, 5.74) is 0.725. The zero-order valence-electron chi connectivity index (χ0n) is 12.2. The molecule has 0 aromatic heterocycles. The summed E-state index contributed by atoms with van der Waals surface area (Å²) in [7, 11) is 1.62. The molecule has 1 saturated heterocycles. The SMILES string of the molecule is COc1ccc(C(=O)C(C)N2CCC(CO)CC2)cc1. The van der Waals surface area contributed by atoms with Crippen LogP contribution in [0.5, 0.6) is 5.75 Å². The van der Waals surface area contributed by atoms with E-state index in [1.54, 1.807) is 7.11 Å². The Morgan fingerprint density at radius 2 is 1.95 bits per heavy atom. The van der Waals surface area contributed by atoms with Crippen molar-refractivity contribution in [3.63, 3.8) is 0 Å². The number of ketones is 1. The number of hydrogen-bond acceptors (Lipinski definition) is 4.